The summed E-state index contributed by atoms with van der Waals surface area (Å²) in [6, 6.07) is 0. The van der Waals surface area contributed by atoms with Gasteiger partial charge in [0.05, 0.1) is 44.7 Å². The van der Waals surface area contributed by atoms with Crippen LogP contribution in [0, 0.1) is 46.3 Å². The van der Waals surface area contributed by atoms with Gasteiger partial charge in [-0.2, -0.15) is 0 Å². The highest BCUT2D eigenvalue weighted by molar-refractivity contribution is 5.87. The maximum atomic E-state index is 14.7. The fourth-order valence-electron chi connectivity index (χ4n) is 13.3. The standard InChI is InChI=1S/C45H72O21/c1-17(16-60-40-36(56)33(53)31(51)25(13-46)62-40)7-8-45(59)18(2)30-24(66-45)11-22-21-6-5-19-9-20(10-28(49)43(19,3)23(21)12-29(50)44(22,30)4)61-41-38(58)35(55)39(27(15-48)64-41)65-42-37(57)34(54)32(52)26(14-47)63-42/h5,17-18,20-28,30-42,46-49,51-59H,6-16H2,1-4H3/t17-,18-,20-,21+,22-,23+,24-,25+,26-,27+,28+,30+,31+,32-,33-,34+,35+,36+,37-,38+,39-,40+,41+,42+,43-,44+,45+/m0/s1. The van der Waals surface area contributed by atoms with E-state index in [9.17, 15) is 71.2 Å². The highest BCUT2D eigenvalue weighted by Gasteiger charge is 2.71. The Bertz CT molecular complexity index is 1730. The Hall–Kier alpha value is -1.39. The van der Waals surface area contributed by atoms with Crippen molar-refractivity contribution in [2.45, 2.75) is 189 Å². The lowest BCUT2D eigenvalue weighted by atomic mass is 9.46. The van der Waals surface area contributed by atoms with Crippen molar-refractivity contribution in [2.75, 3.05) is 26.4 Å². The zero-order valence-corrected chi connectivity index (χ0v) is 37.8. The number of aliphatic hydroxyl groups is 13. The second-order valence-corrected chi connectivity index (χ2v) is 21.0. The summed E-state index contributed by atoms with van der Waals surface area (Å²) in [4.78, 5) is 14.7. The summed E-state index contributed by atoms with van der Waals surface area (Å²) in [5.41, 5.74) is -0.676. The monoisotopic (exact) mass is 948 g/mol. The van der Waals surface area contributed by atoms with Crippen LogP contribution in [0.3, 0.4) is 0 Å². The van der Waals surface area contributed by atoms with Crippen LogP contribution >= 0.6 is 0 Å². The third-order valence-corrected chi connectivity index (χ3v) is 17.4. The van der Waals surface area contributed by atoms with Gasteiger partial charge in [-0.1, -0.05) is 39.3 Å². The number of hydrogen-bond donors (Lipinski definition) is 13. The van der Waals surface area contributed by atoms with Crippen LogP contribution in [0.25, 0.3) is 0 Å². The van der Waals surface area contributed by atoms with Crippen molar-refractivity contribution in [2.24, 2.45) is 46.3 Å². The van der Waals surface area contributed by atoms with Crippen LogP contribution in [0.15, 0.2) is 11.6 Å². The van der Waals surface area contributed by atoms with E-state index in [0.29, 0.717) is 25.7 Å². The lowest BCUT2D eigenvalue weighted by Crippen LogP contribution is -2.65. The second kappa shape index (κ2) is 19.3. The molecule has 0 bridgehead atoms. The van der Waals surface area contributed by atoms with Gasteiger partial charge in [-0.15, -0.1) is 0 Å². The molecule has 21 heteroatoms. The van der Waals surface area contributed by atoms with Crippen LogP contribution in [0.5, 0.6) is 0 Å². The van der Waals surface area contributed by atoms with E-state index in [1.165, 1.54) is 0 Å². The number of rotatable bonds is 13. The highest BCUT2D eigenvalue weighted by Crippen LogP contribution is 2.69. The number of carbonyl (C=O) groups excluding carboxylic acids is 1. The van der Waals surface area contributed by atoms with Crippen molar-refractivity contribution in [3.05, 3.63) is 11.6 Å². The minimum atomic E-state index is -1.81. The second-order valence-electron chi connectivity index (χ2n) is 21.0. The Labute approximate surface area is 382 Å². The molecule has 0 aromatic carbocycles. The zero-order valence-electron chi connectivity index (χ0n) is 37.8. The van der Waals surface area contributed by atoms with Gasteiger partial charge >= 0.3 is 0 Å². The van der Waals surface area contributed by atoms with E-state index in [-0.39, 0.29) is 67.3 Å². The number of ether oxygens (including phenoxy) is 7. The molecule has 27 atom stereocenters. The predicted octanol–water partition coefficient (Wildman–Crippen LogP) is -3.71. The molecule has 0 amide bonds. The van der Waals surface area contributed by atoms with Gasteiger partial charge in [0.15, 0.2) is 24.7 Å². The van der Waals surface area contributed by atoms with Crippen LogP contribution in [-0.2, 0) is 38.0 Å². The van der Waals surface area contributed by atoms with Crippen LogP contribution in [0.1, 0.15) is 72.6 Å². The molecule has 7 fully saturated rings. The molecule has 0 aromatic heterocycles. The third-order valence-electron chi connectivity index (χ3n) is 17.4. The molecule has 8 aliphatic rings. The summed E-state index contributed by atoms with van der Waals surface area (Å²) >= 11 is 0. The largest absolute Gasteiger partial charge is 0.394 e. The number of Topliss-reactive ketones (excluding diaryl/α,β-unsaturated/α-hetero) is 1. The molecule has 378 valence electrons. The first-order valence-corrected chi connectivity index (χ1v) is 23.6. The first kappa shape index (κ1) is 51.0. The molecule has 13 N–H and O–H groups in total. The number of ketones is 1. The Kier molecular flexibility index (Phi) is 14.9. The Balaban J connectivity index is 0.885. The van der Waals surface area contributed by atoms with E-state index in [2.05, 4.69) is 6.08 Å². The fraction of sp³-hybridized carbons (Fsp3) is 0.933. The topological polar surface area (TPSA) is 345 Å². The predicted molar refractivity (Wildman–Crippen MR) is 221 cm³/mol. The molecule has 8 rings (SSSR count). The van der Waals surface area contributed by atoms with Gasteiger partial charge < -0.3 is 99.5 Å². The normalized spacial score (nSPS) is 54.2. The summed E-state index contributed by atoms with van der Waals surface area (Å²) in [5.74, 6) is -2.49. The van der Waals surface area contributed by atoms with Crippen LogP contribution in [-0.4, -0.2) is 215 Å². The molecule has 4 aliphatic heterocycles. The lowest BCUT2D eigenvalue weighted by Gasteiger charge is -2.59. The van der Waals surface area contributed by atoms with Crippen LogP contribution in [0.2, 0.25) is 0 Å². The molecule has 4 saturated heterocycles. The number of allylic oxidation sites excluding steroid dienone is 1. The maximum Gasteiger partial charge on any atom is 0.187 e. The van der Waals surface area contributed by atoms with E-state index >= 15 is 0 Å². The Morgan fingerprint density at radius 3 is 1.92 bits per heavy atom. The minimum Gasteiger partial charge on any atom is -0.394 e. The smallest absolute Gasteiger partial charge is 0.187 e. The van der Waals surface area contributed by atoms with Crippen molar-refractivity contribution in [3.8, 4) is 0 Å². The molecule has 0 spiro atoms. The zero-order chi connectivity index (χ0) is 47.9. The van der Waals surface area contributed by atoms with Crippen molar-refractivity contribution in [3.63, 3.8) is 0 Å². The number of fused-ring (bicyclic) bond motifs is 7. The van der Waals surface area contributed by atoms with E-state index < -0.39 is 147 Å². The molecular weight excluding hydrogens is 876 g/mol. The van der Waals surface area contributed by atoms with Gasteiger partial charge in [-0.05, 0) is 49.4 Å². The Morgan fingerprint density at radius 2 is 1.29 bits per heavy atom. The van der Waals surface area contributed by atoms with Crippen molar-refractivity contribution >= 4 is 5.78 Å². The molecule has 4 heterocycles. The van der Waals surface area contributed by atoms with Crippen LogP contribution in [0.4, 0.5) is 0 Å². The van der Waals surface area contributed by atoms with E-state index in [4.69, 9.17) is 33.2 Å². The maximum absolute atomic E-state index is 14.7. The molecule has 0 unspecified atom stereocenters. The number of carbonyl (C=O) groups is 1. The van der Waals surface area contributed by atoms with Gasteiger partial charge in [-0.25, -0.2) is 0 Å². The molecular formula is C45H72O21. The molecule has 21 nitrogen and oxygen atoms in total. The summed E-state index contributed by atoms with van der Waals surface area (Å²) in [5, 5.41) is 137. The van der Waals surface area contributed by atoms with E-state index in [1.54, 1.807) is 0 Å². The first-order valence-electron chi connectivity index (χ1n) is 23.6. The molecule has 0 aromatic rings. The Morgan fingerprint density at radius 1 is 0.712 bits per heavy atom. The van der Waals surface area contributed by atoms with Gasteiger partial charge in [-0.3, -0.25) is 4.79 Å². The number of aliphatic hydroxyl groups excluding tert-OH is 12. The van der Waals surface area contributed by atoms with Crippen molar-refractivity contribution in [1.82, 2.24) is 0 Å². The van der Waals surface area contributed by atoms with Crippen molar-refractivity contribution in [1.29, 1.82) is 0 Å². The quantitative estimate of drug-likeness (QED) is 0.0790. The first-order chi connectivity index (χ1) is 31.1. The molecule has 66 heavy (non-hydrogen) atoms. The highest BCUT2D eigenvalue weighted by atomic mass is 16.7. The fourth-order valence-corrected chi connectivity index (χ4v) is 13.3. The summed E-state index contributed by atoms with van der Waals surface area (Å²) in [6.45, 7) is 5.89. The molecule has 4 aliphatic carbocycles. The van der Waals surface area contributed by atoms with Gasteiger partial charge in [0.1, 0.15) is 79.0 Å². The van der Waals surface area contributed by atoms with Crippen LogP contribution < -0.4 is 0 Å². The number of hydrogen-bond acceptors (Lipinski definition) is 21. The molecule has 3 saturated carbocycles. The van der Waals surface area contributed by atoms with E-state index in [1.807, 2.05) is 27.7 Å². The summed E-state index contributed by atoms with van der Waals surface area (Å²) in [7, 11) is 0. The third kappa shape index (κ3) is 8.46. The summed E-state index contributed by atoms with van der Waals surface area (Å²) < 4.78 is 40.9. The summed E-state index contributed by atoms with van der Waals surface area (Å²) in [6.07, 6.45) is -20.3. The van der Waals surface area contributed by atoms with Gasteiger partial charge in [0.25, 0.3) is 0 Å². The average Bonchev–Trinajstić information content (AvgIpc) is 3.73. The SMILES string of the molecule is C[C@@H](CC[C@@]1(O)O[C@H]2C[C@H]3[C@H]4CC=C5C[C@H](O[C@@H]6O[C@H](CO)[C@H](O[C@H]7O[C@@H](CO)[C@H](O)[C@@H](O)[C@@H]7O)[C@H](O)[C@H]6O)C[C@@H](O)[C@]5(C)[C@@H]4CC(=O)[C@]3(C)[C@@H]2[C@@H]1C)CO[C@@H]1O[C@H](CO)[C@@H](O)[C@H](O)[C@H]1O. The van der Waals surface area contributed by atoms with E-state index in [0.717, 1.165) is 5.57 Å². The molecule has 0 radical (unpaired) electrons. The van der Waals surface area contributed by atoms with Crippen molar-refractivity contribution < 1.29 is 104 Å². The van der Waals surface area contributed by atoms with Gasteiger partial charge in [0.2, 0.25) is 0 Å². The average molecular weight is 949 g/mol. The minimum absolute atomic E-state index is 0.0345. The van der Waals surface area contributed by atoms with Gasteiger partial charge in [0, 0.05) is 41.9 Å². The lowest BCUT2D eigenvalue weighted by molar-refractivity contribution is -0.363.